The van der Waals surface area contributed by atoms with Gasteiger partial charge in [0, 0.05) is 19.0 Å². The van der Waals surface area contributed by atoms with Crippen LogP contribution < -0.4 is 5.32 Å². The molecule has 0 aromatic heterocycles. The van der Waals surface area contributed by atoms with Crippen LogP contribution in [0.5, 0.6) is 0 Å². The molecule has 1 N–H and O–H groups in total. The number of rotatable bonds is 4. The lowest BCUT2D eigenvalue weighted by Gasteiger charge is -2.13. The predicted octanol–water partition coefficient (Wildman–Crippen LogP) is 2.56. The van der Waals surface area contributed by atoms with Crippen molar-refractivity contribution in [3.8, 4) is 6.07 Å². The Kier molecular flexibility index (Phi) is 4.15. The lowest BCUT2D eigenvalue weighted by Crippen LogP contribution is -2.19. The molecular weight excluding hydrogens is 172 g/mol. The van der Waals surface area contributed by atoms with Crippen LogP contribution in [0.25, 0.3) is 0 Å². The second kappa shape index (κ2) is 5.41. The Balaban J connectivity index is 2.48. The summed E-state index contributed by atoms with van der Waals surface area (Å²) < 4.78 is 0. The number of benzene rings is 1. The zero-order valence-corrected chi connectivity index (χ0v) is 8.75. The summed E-state index contributed by atoms with van der Waals surface area (Å²) >= 11 is 0. The van der Waals surface area contributed by atoms with Gasteiger partial charge in [-0.15, -0.1) is 0 Å². The van der Waals surface area contributed by atoms with Gasteiger partial charge in [-0.2, -0.15) is 5.26 Å². The number of nitrogens with zero attached hydrogens (tertiary/aromatic N) is 1. The molecule has 14 heavy (non-hydrogen) atoms. The Bertz CT molecular complexity index is 308. The van der Waals surface area contributed by atoms with Crippen molar-refractivity contribution >= 4 is 0 Å². The first-order valence-electron chi connectivity index (χ1n) is 4.91. The topological polar surface area (TPSA) is 35.8 Å². The van der Waals surface area contributed by atoms with Crippen LogP contribution in [0.2, 0.25) is 0 Å². The van der Waals surface area contributed by atoms with E-state index in [4.69, 9.17) is 5.26 Å². The van der Waals surface area contributed by atoms with Gasteiger partial charge in [0.2, 0.25) is 0 Å². The summed E-state index contributed by atoms with van der Waals surface area (Å²) in [6, 6.07) is 10.9. The Hall–Kier alpha value is -1.33. The molecule has 0 spiro atoms. The molecule has 0 aliphatic rings. The van der Waals surface area contributed by atoms with E-state index in [9.17, 15) is 0 Å². The van der Waals surface area contributed by atoms with E-state index in [1.807, 2.05) is 0 Å². The van der Waals surface area contributed by atoms with Crippen molar-refractivity contribution in [3.63, 3.8) is 0 Å². The predicted molar refractivity (Wildman–Crippen MR) is 57.8 cm³/mol. The highest BCUT2D eigenvalue weighted by Gasteiger charge is 2.02. The van der Waals surface area contributed by atoms with E-state index in [-0.39, 0.29) is 0 Å². The SMILES string of the molecule is Cc1ccc(C(C)NCCC#N)cc1. The van der Waals surface area contributed by atoms with Gasteiger partial charge in [0.1, 0.15) is 0 Å². The number of nitriles is 1. The molecule has 1 aromatic rings. The number of hydrogen-bond donors (Lipinski definition) is 1. The Labute approximate surface area is 85.6 Å². The van der Waals surface area contributed by atoms with Crippen LogP contribution in [0.15, 0.2) is 24.3 Å². The molecule has 0 amide bonds. The third-order valence-electron chi connectivity index (χ3n) is 2.26. The molecule has 1 atom stereocenters. The van der Waals surface area contributed by atoms with Crippen LogP contribution in [-0.4, -0.2) is 6.54 Å². The van der Waals surface area contributed by atoms with E-state index < -0.39 is 0 Å². The molecule has 0 aliphatic carbocycles. The highest BCUT2D eigenvalue weighted by atomic mass is 14.9. The van der Waals surface area contributed by atoms with Crippen molar-refractivity contribution < 1.29 is 0 Å². The van der Waals surface area contributed by atoms with Crippen LogP contribution in [0.1, 0.15) is 30.5 Å². The molecular formula is C12H16N2. The highest BCUT2D eigenvalue weighted by molar-refractivity contribution is 5.23. The minimum Gasteiger partial charge on any atom is -0.309 e. The van der Waals surface area contributed by atoms with Crippen LogP contribution in [0.3, 0.4) is 0 Å². The van der Waals surface area contributed by atoms with Gasteiger partial charge in [-0.05, 0) is 19.4 Å². The quantitative estimate of drug-likeness (QED) is 0.737. The summed E-state index contributed by atoms with van der Waals surface area (Å²) in [5, 5.41) is 11.7. The largest absolute Gasteiger partial charge is 0.309 e. The smallest absolute Gasteiger partial charge is 0.0635 e. The normalized spacial score (nSPS) is 12.1. The van der Waals surface area contributed by atoms with Gasteiger partial charge >= 0.3 is 0 Å². The molecule has 0 saturated carbocycles. The van der Waals surface area contributed by atoms with E-state index in [2.05, 4.69) is 49.5 Å². The molecule has 0 radical (unpaired) electrons. The second-order valence-electron chi connectivity index (χ2n) is 3.49. The number of nitrogens with one attached hydrogen (secondary N) is 1. The average molecular weight is 188 g/mol. The van der Waals surface area contributed by atoms with E-state index in [1.54, 1.807) is 0 Å². The Morgan fingerprint density at radius 1 is 1.36 bits per heavy atom. The summed E-state index contributed by atoms with van der Waals surface area (Å²) in [6.45, 7) is 4.95. The molecule has 0 bridgehead atoms. The first-order valence-corrected chi connectivity index (χ1v) is 4.91. The molecule has 1 rings (SSSR count). The van der Waals surface area contributed by atoms with Crippen LogP contribution in [-0.2, 0) is 0 Å². The van der Waals surface area contributed by atoms with Crippen molar-refractivity contribution in [1.82, 2.24) is 5.32 Å². The van der Waals surface area contributed by atoms with Crippen LogP contribution in [0.4, 0.5) is 0 Å². The maximum atomic E-state index is 8.40. The van der Waals surface area contributed by atoms with Crippen LogP contribution >= 0.6 is 0 Å². The number of hydrogen-bond acceptors (Lipinski definition) is 2. The zero-order valence-electron chi connectivity index (χ0n) is 8.75. The minimum absolute atomic E-state index is 0.323. The summed E-state index contributed by atoms with van der Waals surface area (Å²) in [4.78, 5) is 0. The average Bonchev–Trinajstić information content (AvgIpc) is 2.19. The van der Waals surface area contributed by atoms with Crippen molar-refractivity contribution in [2.75, 3.05) is 6.54 Å². The van der Waals surface area contributed by atoms with Gasteiger partial charge in [0.05, 0.1) is 6.07 Å². The van der Waals surface area contributed by atoms with Crippen molar-refractivity contribution in [3.05, 3.63) is 35.4 Å². The molecule has 2 heteroatoms. The van der Waals surface area contributed by atoms with Gasteiger partial charge in [0.25, 0.3) is 0 Å². The van der Waals surface area contributed by atoms with Gasteiger partial charge < -0.3 is 5.32 Å². The molecule has 0 aliphatic heterocycles. The lowest BCUT2D eigenvalue weighted by molar-refractivity contribution is 0.583. The standard InChI is InChI=1S/C12H16N2/c1-10-4-6-12(7-5-10)11(2)14-9-3-8-13/h4-7,11,14H,3,9H2,1-2H3. The lowest BCUT2D eigenvalue weighted by atomic mass is 10.1. The van der Waals surface area contributed by atoms with E-state index in [1.165, 1.54) is 11.1 Å². The zero-order chi connectivity index (χ0) is 10.4. The second-order valence-corrected chi connectivity index (χ2v) is 3.49. The Morgan fingerprint density at radius 3 is 2.57 bits per heavy atom. The third kappa shape index (κ3) is 3.20. The summed E-state index contributed by atoms with van der Waals surface area (Å²) in [7, 11) is 0. The van der Waals surface area contributed by atoms with E-state index in [0.717, 1.165) is 6.54 Å². The third-order valence-corrected chi connectivity index (χ3v) is 2.26. The molecule has 0 heterocycles. The maximum Gasteiger partial charge on any atom is 0.0635 e. The fraction of sp³-hybridized carbons (Fsp3) is 0.417. The molecule has 2 nitrogen and oxygen atoms in total. The molecule has 1 aromatic carbocycles. The van der Waals surface area contributed by atoms with Crippen molar-refractivity contribution in [1.29, 1.82) is 5.26 Å². The molecule has 0 saturated heterocycles. The monoisotopic (exact) mass is 188 g/mol. The fourth-order valence-corrected chi connectivity index (χ4v) is 1.32. The Morgan fingerprint density at radius 2 is 2.00 bits per heavy atom. The molecule has 1 unspecified atom stereocenters. The maximum absolute atomic E-state index is 8.40. The minimum atomic E-state index is 0.323. The number of aryl methyl sites for hydroxylation is 1. The van der Waals surface area contributed by atoms with Gasteiger partial charge in [0.15, 0.2) is 0 Å². The molecule has 0 fully saturated rings. The van der Waals surface area contributed by atoms with Crippen LogP contribution in [0, 0.1) is 18.3 Å². The summed E-state index contributed by atoms with van der Waals surface area (Å²) in [6.07, 6.45) is 0.566. The summed E-state index contributed by atoms with van der Waals surface area (Å²) in [5.74, 6) is 0. The van der Waals surface area contributed by atoms with Gasteiger partial charge in [-0.1, -0.05) is 29.8 Å². The van der Waals surface area contributed by atoms with Gasteiger partial charge in [-0.3, -0.25) is 0 Å². The van der Waals surface area contributed by atoms with Crippen molar-refractivity contribution in [2.45, 2.75) is 26.3 Å². The summed E-state index contributed by atoms with van der Waals surface area (Å²) in [5.41, 5.74) is 2.55. The van der Waals surface area contributed by atoms with Gasteiger partial charge in [-0.25, -0.2) is 0 Å². The fourth-order valence-electron chi connectivity index (χ4n) is 1.32. The van der Waals surface area contributed by atoms with Crippen molar-refractivity contribution in [2.24, 2.45) is 0 Å². The highest BCUT2D eigenvalue weighted by Crippen LogP contribution is 2.12. The first-order chi connectivity index (χ1) is 6.74. The first kappa shape index (κ1) is 10.7. The molecule has 74 valence electrons. The van der Waals surface area contributed by atoms with E-state index in [0.29, 0.717) is 12.5 Å². The van der Waals surface area contributed by atoms with E-state index >= 15 is 0 Å².